The van der Waals surface area contributed by atoms with Gasteiger partial charge in [0.15, 0.2) is 12.1 Å². The summed E-state index contributed by atoms with van der Waals surface area (Å²) in [7, 11) is 0. The van der Waals surface area contributed by atoms with E-state index in [0.29, 0.717) is 12.3 Å². The van der Waals surface area contributed by atoms with Gasteiger partial charge in [0.25, 0.3) is 5.91 Å². The molecule has 2 heterocycles. The van der Waals surface area contributed by atoms with Gasteiger partial charge in [-0.2, -0.15) is 0 Å². The summed E-state index contributed by atoms with van der Waals surface area (Å²) in [6, 6.07) is 9.46. The zero-order valence-corrected chi connectivity index (χ0v) is 13.2. The van der Waals surface area contributed by atoms with E-state index in [9.17, 15) is 9.59 Å². The minimum atomic E-state index is -0.272. The molecule has 23 heavy (non-hydrogen) atoms. The lowest BCUT2D eigenvalue weighted by molar-refractivity contribution is -0.124. The molecule has 0 radical (unpaired) electrons. The second kappa shape index (κ2) is 6.24. The van der Waals surface area contributed by atoms with Crippen LogP contribution < -0.4 is 5.32 Å². The van der Waals surface area contributed by atoms with Crippen LogP contribution in [0.2, 0.25) is 0 Å². The molecular weight excluding hydrogens is 294 g/mol. The Hall–Kier alpha value is -2.63. The predicted octanol–water partition coefficient (Wildman–Crippen LogP) is 2.11. The van der Waals surface area contributed by atoms with E-state index >= 15 is 0 Å². The molecule has 1 aliphatic heterocycles. The molecule has 6 heteroatoms. The Morgan fingerprint density at radius 2 is 2.09 bits per heavy atom. The highest BCUT2D eigenvalue weighted by Gasteiger charge is 2.34. The highest BCUT2D eigenvalue weighted by Crippen LogP contribution is 2.26. The number of hydrogen-bond acceptors (Lipinski definition) is 4. The maximum atomic E-state index is 12.9. The predicted molar refractivity (Wildman–Crippen MR) is 83.8 cm³/mol. The highest BCUT2D eigenvalue weighted by atomic mass is 16.3. The van der Waals surface area contributed by atoms with E-state index in [1.165, 1.54) is 6.39 Å². The third-order valence-corrected chi connectivity index (χ3v) is 3.95. The van der Waals surface area contributed by atoms with Crippen molar-refractivity contribution in [3.63, 3.8) is 0 Å². The second-order valence-corrected chi connectivity index (χ2v) is 5.88. The number of carbonyl (C=O) groups excluding carboxylic acids is 2. The number of nitrogens with one attached hydrogen (secondary N) is 1. The van der Waals surface area contributed by atoms with Crippen LogP contribution in [0.3, 0.4) is 0 Å². The molecule has 0 spiro atoms. The molecule has 0 saturated carbocycles. The van der Waals surface area contributed by atoms with Crippen molar-refractivity contribution in [2.24, 2.45) is 0 Å². The van der Waals surface area contributed by atoms with Gasteiger partial charge in [-0.1, -0.05) is 44.2 Å². The van der Waals surface area contributed by atoms with Gasteiger partial charge in [-0.05, 0) is 5.56 Å². The van der Waals surface area contributed by atoms with Gasteiger partial charge in [-0.15, -0.1) is 0 Å². The second-order valence-electron chi connectivity index (χ2n) is 5.88. The average Bonchev–Trinajstić information content (AvgIpc) is 3.05. The molecule has 2 aromatic rings. The number of piperazine rings is 1. The number of aromatic nitrogens is 1. The van der Waals surface area contributed by atoms with Crippen molar-refractivity contribution < 1.29 is 14.0 Å². The van der Waals surface area contributed by atoms with Gasteiger partial charge in [0, 0.05) is 12.5 Å². The van der Waals surface area contributed by atoms with Crippen LogP contribution in [0, 0.1) is 0 Å². The van der Waals surface area contributed by atoms with Crippen molar-refractivity contribution >= 4 is 11.8 Å². The molecule has 0 aliphatic carbocycles. The van der Waals surface area contributed by atoms with Gasteiger partial charge >= 0.3 is 0 Å². The Morgan fingerprint density at radius 1 is 1.35 bits per heavy atom. The summed E-state index contributed by atoms with van der Waals surface area (Å²) in [6.07, 6.45) is 1.28. The van der Waals surface area contributed by atoms with Gasteiger partial charge < -0.3 is 14.6 Å². The fourth-order valence-corrected chi connectivity index (χ4v) is 2.79. The number of rotatable bonds is 3. The molecule has 1 aromatic heterocycles. The molecule has 1 aliphatic rings. The Labute approximate surface area is 134 Å². The first-order valence-electron chi connectivity index (χ1n) is 7.64. The van der Waals surface area contributed by atoms with Crippen molar-refractivity contribution in [3.05, 3.63) is 53.7 Å². The van der Waals surface area contributed by atoms with E-state index in [-0.39, 0.29) is 36.0 Å². The molecule has 1 saturated heterocycles. The fraction of sp³-hybridized carbons (Fsp3) is 0.353. The van der Waals surface area contributed by atoms with Crippen LogP contribution in [0.25, 0.3) is 0 Å². The van der Waals surface area contributed by atoms with Crippen molar-refractivity contribution in [3.8, 4) is 0 Å². The van der Waals surface area contributed by atoms with Crippen LogP contribution >= 0.6 is 0 Å². The van der Waals surface area contributed by atoms with Crippen LogP contribution in [0.4, 0.5) is 0 Å². The van der Waals surface area contributed by atoms with E-state index < -0.39 is 0 Å². The van der Waals surface area contributed by atoms with Crippen LogP contribution in [0.1, 0.15) is 47.6 Å². The topological polar surface area (TPSA) is 75.4 Å². The Kier molecular flexibility index (Phi) is 4.14. The fourth-order valence-electron chi connectivity index (χ4n) is 2.79. The highest BCUT2D eigenvalue weighted by molar-refractivity contribution is 5.96. The third-order valence-electron chi connectivity index (χ3n) is 3.95. The summed E-state index contributed by atoms with van der Waals surface area (Å²) in [5.41, 5.74) is 1.27. The van der Waals surface area contributed by atoms with Crippen molar-refractivity contribution in [2.45, 2.75) is 25.8 Å². The maximum absolute atomic E-state index is 12.9. The smallest absolute Gasteiger partial charge is 0.277 e. The molecule has 2 amide bonds. The van der Waals surface area contributed by atoms with E-state index in [4.69, 9.17) is 4.42 Å². The lowest BCUT2D eigenvalue weighted by Gasteiger charge is -2.35. The van der Waals surface area contributed by atoms with E-state index in [0.717, 1.165) is 5.56 Å². The summed E-state index contributed by atoms with van der Waals surface area (Å²) < 4.78 is 5.35. The minimum Gasteiger partial charge on any atom is -0.447 e. The normalized spacial score (nSPS) is 18.1. The maximum Gasteiger partial charge on any atom is 0.277 e. The molecule has 1 N–H and O–H groups in total. The van der Waals surface area contributed by atoms with Crippen LogP contribution in [0.5, 0.6) is 0 Å². The standard InChI is InChI=1S/C17H19N3O3/c1-11(2)16-15(19-10-23-16)17(22)20-9-14(21)18-8-13(20)12-6-4-3-5-7-12/h3-7,10-11,13H,8-9H2,1-2H3,(H,18,21). The van der Waals surface area contributed by atoms with Gasteiger partial charge in [0.05, 0.1) is 6.04 Å². The van der Waals surface area contributed by atoms with Crippen molar-refractivity contribution in [1.29, 1.82) is 0 Å². The third kappa shape index (κ3) is 2.97. The molecule has 1 aromatic carbocycles. The zero-order valence-electron chi connectivity index (χ0n) is 13.2. The van der Waals surface area contributed by atoms with Crippen LogP contribution in [0.15, 0.2) is 41.1 Å². The van der Waals surface area contributed by atoms with Crippen molar-refractivity contribution in [2.75, 3.05) is 13.1 Å². The van der Waals surface area contributed by atoms with E-state index in [1.54, 1.807) is 4.90 Å². The van der Waals surface area contributed by atoms with Gasteiger partial charge in [-0.3, -0.25) is 9.59 Å². The Morgan fingerprint density at radius 3 is 2.78 bits per heavy atom. The van der Waals surface area contributed by atoms with Crippen molar-refractivity contribution in [1.82, 2.24) is 15.2 Å². The zero-order chi connectivity index (χ0) is 16.4. The summed E-state index contributed by atoms with van der Waals surface area (Å²) in [5.74, 6) is 0.157. The first-order chi connectivity index (χ1) is 11.1. The number of carbonyl (C=O) groups is 2. The van der Waals surface area contributed by atoms with E-state index in [1.807, 2.05) is 44.2 Å². The van der Waals surface area contributed by atoms with Crippen LogP contribution in [-0.2, 0) is 4.79 Å². The quantitative estimate of drug-likeness (QED) is 0.941. The molecule has 120 valence electrons. The SMILES string of the molecule is CC(C)c1ocnc1C(=O)N1CC(=O)NCC1c1ccccc1. The average molecular weight is 313 g/mol. The summed E-state index contributed by atoms with van der Waals surface area (Å²) in [6.45, 7) is 4.29. The number of hydrogen-bond donors (Lipinski definition) is 1. The Balaban J connectivity index is 1.94. The van der Waals surface area contributed by atoms with Gasteiger partial charge in [0.1, 0.15) is 12.3 Å². The largest absolute Gasteiger partial charge is 0.447 e. The first-order valence-corrected chi connectivity index (χ1v) is 7.64. The van der Waals surface area contributed by atoms with Gasteiger partial charge in [0.2, 0.25) is 5.91 Å². The van der Waals surface area contributed by atoms with E-state index in [2.05, 4.69) is 10.3 Å². The summed E-state index contributed by atoms with van der Waals surface area (Å²) >= 11 is 0. The van der Waals surface area contributed by atoms with Crippen LogP contribution in [-0.4, -0.2) is 34.8 Å². The molecule has 3 rings (SSSR count). The molecule has 6 nitrogen and oxygen atoms in total. The van der Waals surface area contributed by atoms with Gasteiger partial charge in [-0.25, -0.2) is 4.98 Å². The number of amides is 2. The lowest BCUT2D eigenvalue weighted by Crippen LogP contribution is -2.52. The lowest BCUT2D eigenvalue weighted by atomic mass is 10.0. The monoisotopic (exact) mass is 313 g/mol. The molecule has 1 fully saturated rings. The first kappa shape index (κ1) is 15.3. The number of benzene rings is 1. The number of oxazole rings is 1. The molecular formula is C17H19N3O3. The Bertz CT molecular complexity index is 709. The summed E-state index contributed by atoms with van der Waals surface area (Å²) in [4.78, 5) is 30.4. The minimum absolute atomic E-state index is 0.0167. The summed E-state index contributed by atoms with van der Waals surface area (Å²) in [5, 5.41) is 2.82. The molecule has 0 bridgehead atoms. The number of nitrogens with zero attached hydrogens (tertiary/aromatic N) is 2. The molecule has 1 atom stereocenters. The molecule has 1 unspecified atom stereocenters.